The molecular formula is C18H14ClF3N4OS2. The van der Waals surface area contributed by atoms with Gasteiger partial charge in [-0.3, -0.25) is 4.79 Å². The number of alkyl halides is 3. The molecule has 3 aromatic rings. The molecular weight excluding hydrogens is 445 g/mol. The standard InChI is InChI=1S/C18H14ClF3N4OS2/c19-12-8-11(18(20,21)22)9-23-15(12)25-3-5-26(6-4-25)17(27)14-10-24-16(29-14)13-2-1-7-28-13/h1-2,7-10H,3-6H2. The van der Waals surface area contributed by atoms with E-state index in [1.165, 1.54) is 11.3 Å². The van der Waals surface area contributed by atoms with Crippen LogP contribution in [0.4, 0.5) is 19.0 Å². The average molecular weight is 459 g/mol. The maximum absolute atomic E-state index is 12.8. The molecule has 0 radical (unpaired) electrons. The van der Waals surface area contributed by atoms with Crippen LogP contribution in [0.5, 0.6) is 0 Å². The summed E-state index contributed by atoms with van der Waals surface area (Å²) in [7, 11) is 0. The monoisotopic (exact) mass is 458 g/mol. The van der Waals surface area contributed by atoms with Gasteiger partial charge in [0.1, 0.15) is 15.7 Å². The molecule has 1 aliphatic rings. The van der Waals surface area contributed by atoms with Gasteiger partial charge < -0.3 is 9.80 Å². The van der Waals surface area contributed by atoms with E-state index in [9.17, 15) is 18.0 Å². The number of thiophene rings is 1. The second-order valence-electron chi connectivity index (χ2n) is 6.31. The SMILES string of the molecule is O=C(c1cnc(-c2cccs2)s1)N1CCN(c2ncc(C(F)(F)F)cc2Cl)CC1. The minimum Gasteiger partial charge on any atom is -0.352 e. The van der Waals surface area contributed by atoms with Crippen molar-refractivity contribution >= 4 is 46.0 Å². The van der Waals surface area contributed by atoms with E-state index in [0.29, 0.717) is 36.9 Å². The van der Waals surface area contributed by atoms with Gasteiger partial charge in [-0.1, -0.05) is 17.7 Å². The van der Waals surface area contributed by atoms with E-state index >= 15 is 0 Å². The number of amides is 1. The highest BCUT2D eigenvalue weighted by Crippen LogP contribution is 2.34. The van der Waals surface area contributed by atoms with Crippen molar-refractivity contribution in [1.29, 1.82) is 0 Å². The Morgan fingerprint density at radius 3 is 2.52 bits per heavy atom. The highest BCUT2D eigenvalue weighted by Gasteiger charge is 2.32. The summed E-state index contributed by atoms with van der Waals surface area (Å²) in [4.78, 5) is 26.1. The Morgan fingerprint density at radius 1 is 1.14 bits per heavy atom. The van der Waals surface area contributed by atoms with Crippen molar-refractivity contribution in [3.8, 4) is 9.88 Å². The number of aromatic nitrogens is 2. The van der Waals surface area contributed by atoms with Crippen molar-refractivity contribution in [2.24, 2.45) is 0 Å². The van der Waals surface area contributed by atoms with Crippen molar-refractivity contribution in [3.63, 3.8) is 0 Å². The summed E-state index contributed by atoms with van der Waals surface area (Å²) in [6, 6.07) is 4.77. The number of hydrogen-bond donors (Lipinski definition) is 0. The first kappa shape index (κ1) is 20.1. The van der Waals surface area contributed by atoms with Gasteiger partial charge in [-0.2, -0.15) is 13.2 Å². The van der Waals surface area contributed by atoms with Crippen molar-refractivity contribution in [2.45, 2.75) is 6.18 Å². The number of thiazole rings is 1. The number of carbonyl (C=O) groups is 1. The Balaban J connectivity index is 1.41. The molecule has 0 N–H and O–H groups in total. The quantitative estimate of drug-likeness (QED) is 0.560. The number of nitrogens with zero attached hydrogens (tertiary/aromatic N) is 4. The molecule has 4 rings (SSSR count). The van der Waals surface area contributed by atoms with E-state index in [2.05, 4.69) is 9.97 Å². The fraction of sp³-hybridized carbons (Fsp3) is 0.278. The Morgan fingerprint density at radius 2 is 1.90 bits per heavy atom. The van der Waals surface area contributed by atoms with Crippen LogP contribution in [-0.4, -0.2) is 47.0 Å². The molecule has 1 saturated heterocycles. The summed E-state index contributed by atoms with van der Waals surface area (Å²) < 4.78 is 38.3. The van der Waals surface area contributed by atoms with Gasteiger partial charge in [0.15, 0.2) is 0 Å². The van der Waals surface area contributed by atoms with Gasteiger partial charge in [-0.05, 0) is 17.5 Å². The van der Waals surface area contributed by atoms with Gasteiger partial charge in [-0.15, -0.1) is 22.7 Å². The predicted molar refractivity (Wildman–Crippen MR) is 108 cm³/mol. The molecule has 1 fully saturated rings. The number of hydrogen-bond acceptors (Lipinski definition) is 6. The largest absolute Gasteiger partial charge is 0.417 e. The zero-order valence-corrected chi connectivity index (χ0v) is 17.2. The van der Waals surface area contributed by atoms with E-state index in [0.717, 1.165) is 22.1 Å². The molecule has 3 aromatic heterocycles. The molecule has 0 saturated carbocycles. The molecule has 0 bridgehead atoms. The number of halogens is 4. The second-order valence-corrected chi connectivity index (χ2v) is 8.70. The minimum absolute atomic E-state index is 0.0531. The minimum atomic E-state index is -4.49. The maximum Gasteiger partial charge on any atom is 0.417 e. The van der Waals surface area contributed by atoms with Crippen LogP contribution >= 0.6 is 34.3 Å². The lowest BCUT2D eigenvalue weighted by Gasteiger charge is -2.35. The van der Waals surface area contributed by atoms with Gasteiger partial charge in [-0.25, -0.2) is 9.97 Å². The average Bonchev–Trinajstić information content (AvgIpc) is 3.38. The Hall–Kier alpha value is -2.17. The first-order valence-electron chi connectivity index (χ1n) is 8.59. The summed E-state index contributed by atoms with van der Waals surface area (Å²) in [5, 5.41) is 2.71. The lowest BCUT2D eigenvalue weighted by Crippen LogP contribution is -2.49. The molecule has 29 heavy (non-hydrogen) atoms. The fourth-order valence-electron chi connectivity index (χ4n) is 2.98. The smallest absolute Gasteiger partial charge is 0.352 e. The molecule has 11 heteroatoms. The highest BCUT2D eigenvalue weighted by atomic mass is 35.5. The zero-order chi connectivity index (χ0) is 20.6. The number of piperazine rings is 1. The summed E-state index contributed by atoms with van der Waals surface area (Å²) in [6.07, 6.45) is -2.12. The Kier molecular flexibility index (Phi) is 5.50. The van der Waals surface area contributed by atoms with Crippen molar-refractivity contribution in [2.75, 3.05) is 31.1 Å². The van der Waals surface area contributed by atoms with Crippen LogP contribution in [0.15, 0.2) is 36.0 Å². The van der Waals surface area contributed by atoms with Crippen LogP contribution in [0.25, 0.3) is 9.88 Å². The molecule has 0 spiro atoms. The van der Waals surface area contributed by atoms with Gasteiger partial charge in [0.05, 0.1) is 21.7 Å². The topological polar surface area (TPSA) is 49.3 Å². The summed E-state index contributed by atoms with van der Waals surface area (Å²) >= 11 is 8.94. The molecule has 0 aromatic carbocycles. The van der Waals surface area contributed by atoms with Crippen LogP contribution in [0.3, 0.4) is 0 Å². The van der Waals surface area contributed by atoms with E-state index in [-0.39, 0.29) is 10.9 Å². The molecule has 1 amide bonds. The normalized spacial score (nSPS) is 15.0. The molecule has 5 nitrogen and oxygen atoms in total. The molecule has 0 atom stereocenters. The Labute approximate surface area is 177 Å². The lowest BCUT2D eigenvalue weighted by atomic mass is 10.2. The van der Waals surface area contributed by atoms with E-state index in [1.54, 1.807) is 27.3 Å². The van der Waals surface area contributed by atoms with E-state index < -0.39 is 11.7 Å². The maximum atomic E-state index is 12.8. The van der Waals surface area contributed by atoms with Crippen LogP contribution in [-0.2, 0) is 6.18 Å². The third-order valence-electron chi connectivity index (χ3n) is 4.46. The van der Waals surface area contributed by atoms with Crippen LogP contribution in [0.1, 0.15) is 15.2 Å². The number of pyridine rings is 1. The third-order valence-corrected chi connectivity index (χ3v) is 6.77. The number of rotatable bonds is 3. The predicted octanol–water partition coefficient (Wildman–Crippen LogP) is 4.90. The van der Waals surface area contributed by atoms with Crippen molar-refractivity contribution < 1.29 is 18.0 Å². The summed E-state index contributed by atoms with van der Waals surface area (Å²) in [6.45, 7) is 1.70. The molecule has 0 aliphatic carbocycles. The van der Waals surface area contributed by atoms with Gasteiger partial charge in [0.25, 0.3) is 5.91 Å². The van der Waals surface area contributed by atoms with Crippen LogP contribution < -0.4 is 4.90 Å². The van der Waals surface area contributed by atoms with E-state index in [4.69, 9.17) is 11.6 Å². The van der Waals surface area contributed by atoms with Crippen molar-refractivity contribution in [1.82, 2.24) is 14.9 Å². The van der Waals surface area contributed by atoms with Crippen LogP contribution in [0, 0.1) is 0 Å². The van der Waals surface area contributed by atoms with Crippen molar-refractivity contribution in [3.05, 3.63) is 51.4 Å². The van der Waals surface area contributed by atoms with Crippen LogP contribution in [0.2, 0.25) is 5.02 Å². The fourth-order valence-corrected chi connectivity index (χ4v) is 4.96. The Bertz CT molecular complexity index is 1010. The molecule has 0 unspecified atom stereocenters. The van der Waals surface area contributed by atoms with Gasteiger partial charge in [0.2, 0.25) is 0 Å². The molecule has 4 heterocycles. The molecule has 1 aliphatic heterocycles. The van der Waals surface area contributed by atoms with Gasteiger partial charge in [0, 0.05) is 32.4 Å². The summed E-state index contributed by atoms with van der Waals surface area (Å²) in [5.41, 5.74) is -0.883. The highest BCUT2D eigenvalue weighted by molar-refractivity contribution is 7.21. The number of carbonyl (C=O) groups excluding carboxylic acids is 1. The molecule has 152 valence electrons. The zero-order valence-electron chi connectivity index (χ0n) is 14.8. The van der Waals surface area contributed by atoms with E-state index in [1.807, 2.05) is 17.5 Å². The first-order valence-corrected chi connectivity index (χ1v) is 10.7. The third kappa shape index (κ3) is 4.24. The van der Waals surface area contributed by atoms with Gasteiger partial charge >= 0.3 is 6.18 Å². The summed E-state index contributed by atoms with van der Waals surface area (Å²) in [5.74, 6) is 0.195. The lowest BCUT2D eigenvalue weighted by molar-refractivity contribution is -0.137. The number of anilines is 1. The second kappa shape index (κ2) is 7.92. The first-order chi connectivity index (χ1) is 13.8.